The molecule has 0 aromatic heterocycles. The summed E-state index contributed by atoms with van der Waals surface area (Å²) < 4.78 is 11.1. The minimum Gasteiger partial charge on any atom is -0.493 e. The highest BCUT2D eigenvalue weighted by Gasteiger charge is 2.23. The van der Waals surface area contributed by atoms with Gasteiger partial charge < -0.3 is 9.47 Å². The smallest absolute Gasteiger partial charge is 0.306 e. The molecule has 0 saturated heterocycles. The van der Waals surface area contributed by atoms with Gasteiger partial charge >= 0.3 is 5.97 Å². The summed E-state index contributed by atoms with van der Waals surface area (Å²) in [4.78, 5) is 11.9. The first-order chi connectivity index (χ1) is 9.28. The lowest BCUT2D eigenvalue weighted by Crippen LogP contribution is -2.28. The summed E-state index contributed by atoms with van der Waals surface area (Å²) in [7, 11) is 0. The molecule has 3 nitrogen and oxygen atoms in total. The molecule has 0 saturated carbocycles. The fourth-order valence-electron chi connectivity index (χ4n) is 1.80. The Morgan fingerprint density at radius 1 is 1.15 bits per heavy atom. The van der Waals surface area contributed by atoms with Crippen LogP contribution in [0, 0.1) is 11.8 Å². The van der Waals surface area contributed by atoms with Crippen LogP contribution in [0.15, 0.2) is 30.3 Å². The van der Waals surface area contributed by atoms with Gasteiger partial charge in [-0.1, -0.05) is 32.0 Å². The zero-order valence-corrected chi connectivity index (χ0v) is 13.2. The molecule has 0 radical (unpaired) electrons. The minimum absolute atomic E-state index is 0.157. The van der Waals surface area contributed by atoms with Gasteiger partial charge in [0.2, 0.25) is 0 Å². The largest absolute Gasteiger partial charge is 0.493 e. The van der Waals surface area contributed by atoms with Crippen LogP contribution in [0.1, 0.15) is 41.0 Å². The monoisotopic (exact) mass is 278 g/mol. The molecule has 0 aliphatic rings. The fourth-order valence-corrected chi connectivity index (χ4v) is 1.80. The van der Waals surface area contributed by atoms with E-state index in [1.807, 2.05) is 51.1 Å². The molecule has 3 heteroatoms. The van der Waals surface area contributed by atoms with Crippen molar-refractivity contribution in [3.63, 3.8) is 0 Å². The first-order valence-electron chi connectivity index (χ1n) is 7.17. The maximum Gasteiger partial charge on any atom is 0.306 e. The molecule has 20 heavy (non-hydrogen) atoms. The Morgan fingerprint density at radius 2 is 1.75 bits per heavy atom. The van der Waals surface area contributed by atoms with E-state index in [0.717, 1.165) is 5.75 Å². The summed E-state index contributed by atoms with van der Waals surface area (Å²) in [6, 6.07) is 9.67. The van der Waals surface area contributed by atoms with Crippen molar-refractivity contribution in [3.8, 4) is 5.75 Å². The number of hydrogen-bond acceptors (Lipinski definition) is 3. The lowest BCUT2D eigenvalue weighted by molar-refractivity contribution is -0.156. The molecule has 0 aliphatic carbocycles. The van der Waals surface area contributed by atoms with E-state index in [1.165, 1.54) is 0 Å². The maximum atomic E-state index is 11.9. The average molecular weight is 278 g/mol. The average Bonchev–Trinajstić information content (AvgIpc) is 2.33. The molecule has 0 spiro atoms. The topological polar surface area (TPSA) is 35.5 Å². The Hall–Kier alpha value is -1.51. The molecule has 0 fully saturated rings. The van der Waals surface area contributed by atoms with Gasteiger partial charge in [0.25, 0.3) is 0 Å². The van der Waals surface area contributed by atoms with Gasteiger partial charge in [-0.15, -0.1) is 0 Å². The number of ether oxygens (including phenoxy) is 2. The van der Waals surface area contributed by atoms with Crippen LogP contribution in [-0.2, 0) is 9.53 Å². The third-order valence-electron chi connectivity index (χ3n) is 3.00. The lowest BCUT2D eigenvalue weighted by Gasteiger charge is -2.24. The molecule has 0 N–H and O–H groups in total. The number of carbonyl (C=O) groups excluding carboxylic acids is 1. The summed E-state index contributed by atoms with van der Waals surface area (Å²) in [5, 5.41) is 0. The molecular weight excluding hydrogens is 252 g/mol. The number of carbonyl (C=O) groups is 1. The van der Waals surface area contributed by atoms with Crippen LogP contribution in [0.3, 0.4) is 0 Å². The summed E-state index contributed by atoms with van der Waals surface area (Å²) in [5.74, 6) is 1.20. The molecule has 1 atom stereocenters. The van der Waals surface area contributed by atoms with Gasteiger partial charge in [0.1, 0.15) is 11.4 Å². The SMILES string of the molecule is CC(C)C(COc1ccccc1)CC(=O)OC(C)(C)C. The molecule has 112 valence electrons. The Labute approximate surface area is 122 Å². The van der Waals surface area contributed by atoms with Crippen LogP contribution in [0.4, 0.5) is 0 Å². The van der Waals surface area contributed by atoms with Gasteiger partial charge in [-0.2, -0.15) is 0 Å². The van der Waals surface area contributed by atoms with Crippen LogP contribution in [-0.4, -0.2) is 18.2 Å². The fraction of sp³-hybridized carbons (Fsp3) is 0.588. The highest BCUT2D eigenvalue weighted by Crippen LogP contribution is 2.20. The lowest BCUT2D eigenvalue weighted by atomic mass is 9.93. The maximum absolute atomic E-state index is 11.9. The zero-order chi connectivity index (χ0) is 15.2. The third kappa shape index (κ3) is 6.60. The second-order valence-corrected chi connectivity index (χ2v) is 6.42. The van der Waals surface area contributed by atoms with Crippen molar-refractivity contribution in [3.05, 3.63) is 30.3 Å². The highest BCUT2D eigenvalue weighted by atomic mass is 16.6. The molecule has 0 heterocycles. The number of rotatable bonds is 6. The normalized spacial score (nSPS) is 13.1. The van der Waals surface area contributed by atoms with Crippen LogP contribution in [0.25, 0.3) is 0 Å². The van der Waals surface area contributed by atoms with Crippen LogP contribution in [0.2, 0.25) is 0 Å². The first kappa shape index (κ1) is 16.5. The summed E-state index contributed by atoms with van der Waals surface area (Å²) in [6.45, 7) is 10.4. The summed E-state index contributed by atoms with van der Waals surface area (Å²) in [6.07, 6.45) is 0.391. The Bertz CT molecular complexity index is 404. The van der Waals surface area contributed by atoms with E-state index < -0.39 is 5.60 Å². The van der Waals surface area contributed by atoms with Gasteiger partial charge in [-0.25, -0.2) is 0 Å². The van der Waals surface area contributed by atoms with Gasteiger partial charge in [-0.3, -0.25) is 4.79 Å². The predicted octanol–water partition coefficient (Wildman–Crippen LogP) is 4.07. The van der Waals surface area contributed by atoms with Gasteiger partial charge in [-0.05, 0) is 38.8 Å². The highest BCUT2D eigenvalue weighted by molar-refractivity contribution is 5.70. The van der Waals surface area contributed by atoms with Crippen molar-refractivity contribution in [2.75, 3.05) is 6.61 Å². The molecular formula is C17H26O3. The Balaban J connectivity index is 2.51. The minimum atomic E-state index is -0.432. The van der Waals surface area contributed by atoms with Crippen molar-refractivity contribution >= 4 is 5.97 Å². The molecule has 0 bridgehead atoms. The van der Waals surface area contributed by atoms with E-state index in [4.69, 9.17) is 9.47 Å². The van der Waals surface area contributed by atoms with Crippen LogP contribution >= 0.6 is 0 Å². The molecule has 1 aromatic carbocycles. The van der Waals surface area contributed by atoms with E-state index in [-0.39, 0.29) is 11.9 Å². The Kier molecular flexibility index (Phi) is 6.05. The van der Waals surface area contributed by atoms with Crippen LogP contribution < -0.4 is 4.74 Å². The zero-order valence-electron chi connectivity index (χ0n) is 13.2. The van der Waals surface area contributed by atoms with Gasteiger partial charge in [0, 0.05) is 5.92 Å². The van der Waals surface area contributed by atoms with Crippen molar-refractivity contribution in [1.82, 2.24) is 0 Å². The third-order valence-corrected chi connectivity index (χ3v) is 3.00. The van der Waals surface area contributed by atoms with Gasteiger partial charge in [0.05, 0.1) is 13.0 Å². The molecule has 0 amide bonds. The van der Waals surface area contributed by atoms with E-state index >= 15 is 0 Å². The number of para-hydroxylation sites is 1. The van der Waals surface area contributed by atoms with E-state index in [2.05, 4.69) is 13.8 Å². The summed E-state index contributed by atoms with van der Waals surface area (Å²) >= 11 is 0. The van der Waals surface area contributed by atoms with E-state index in [0.29, 0.717) is 18.9 Å². The number of hydrogen-bond donors (Lipinski definition) is 0. The summed E-state index contributed by atoms with van der Waals surface area (Å²) in [5.41, 5.74) is -0.432. The van der Waals surface area contributed by atoms with Crippen LogP contribution in [0.5, 0.6) is 5.75 Å². The molecule has 1 aromatic rings. The van der Waals surface area contributed by atoms with E-state index in [9.17, 15) is 4.79 Å². The quantitative estimate of drug-likeness (QED) is 0.736. The number of benzene rings is 1. The molecule has 0 aliphatic heterocycles. The van der Waals surface area contributed by atoms with Crippen molar-refractivity contribution in [1.29, 1.82) is 0 Å². The second-order valence-electron chi connectivity index (χ2n) is 6.42. The molecule has 1 unspecified atom stereocenters. The van der Waals surface area contributed by atoms with Crippen molar-refractivity contribution < 1.29 is 14.3 Å². The predicted molar refractivity (Wildman–Crippen MR) is 80.7 cm³/mol. The standard InChI is InChI=1S/C17H26O3/c1-13(2)14(11-16(18)20-17(3,4)5)12-19-15-9-7-6-8-10-15/h6-10,13-14H,11-12H2,1-5H3. The number of esters is 1. The van der Waals surface area contributed by atoms with Crippen molar-refractivity contribution in [2.45, 2.75) is 46.6 Å². The van der Waals surface area contributed by atoms with Gasteiger partial charge in [0.15, 0.2) is 0 Å². The second kappa shape index (κ2) is 7.32. The van der Waals surface area contributed by atoms with E-state index in [1.54, 1.807) is 0 Å². The van der Waals surface area contributed by atoms with Crippen molar-refractivity contribution in [2.24, 2.45) is 11.8 Å². The Morgan fingerprint density at radius 3 is 2.25 bits per heavy atom. The molecule has 1 rings (SSSR count). The first-order valence-corrected chi connectivity index (χ1v) is 7.17.